The van der Waals surface area contributed by atoms with Gasteiger partial charge in [-0.15, -0.1) is 0 Å². The van der Waals surface area contributed by atoms with Crippen LogP contribution in [-0.2, 0) is 10.2 Å². The quantitative estimate of drug-likeness (QED) is 0.678. The zero-order chi connectivity index (χ0) is 20.9. The highest BCUT2D eigenvalue weighted by molar-refractivity contribution is 9.10. The van der Waals surface area contributed by atoms with Crippen molar-refractivity contribution < 1.29 is 19.1 Å². The second-order valence-corrected chi connectivity index (χ2v) is 8.18. The molecule has 1 unspecified atom stereocenters. The molecule has 0 fully saturated rings. The second-order valence-electron chi connectivity index (χ2n) is 7.33. The van der Waals surface area contributed by atoms with Crippen molar-refractivity contribution in [1.82, 2.24) is 10.9 Å². The van der Waals surface area contributed by atoms with Gasteiger partial charge in [0.05, 0.1) is 11.6 Å². The van der Waals surface area contributed by atoms with Crippen LogP contribution in [-0.4, -0.2) is 25.0 Å². The molecule has 0 spiro atoms. The number of halogens is 1. The number of hydrogen-bond donors (Lipinski definition) is 2. The van der Waals surface area contributed by atoms with Crippen LogP contribution in [0.2, 0.25) is 0 Å². The molecule has 0 aliphatic rings. The van der Waals surface area contributed by atoms with Crippen molar-refractivity contribution in [3.63, 3.8) is 0 Å². The number of methoxy groups -OCH3 is 1. The van der Waals surface area contributed by atoms with Gasteiger partial charge in [-0.1, -0.05) is 32.9 Å². The minimum Gasteiger partial charge on any atom is -0.496 e. The molecule has 0 saturated heterocycles. The molecular formula is C21H25BrN2O4. The van der Waals surface area contributed by atoms with E-state index >= 15 is 0 Å². The Labute approximate surface area is 173 Å². The summed E-state index contributed by atoms with van der Waals surface area (Å²) in [6.07, 6.45) is -0.775. The third kappa shape index (κ3) is 5.73. The van der Waals surface area contributed by atoms with E-state index < -0.39 is 17.9 Å². The van der Waals surface area contributed by atoms with Gasteiger partial charge in [-0.2, -0.15) is 0 Å². The first kappa shape index (κ1) is 21.8. The van der Waals surface area contributed by atoms with Crippen molar-refractivity contribution in [2.45, 2.75) is 39.2 Å². The number of hydrazine groups is 1. The highest BCUT2D eigenvalue weighted by Crippen LogP contribution is 2.26. The summed E-state index contributed by atoms with van der Waals surface area (Å²) in [6, 6.07) is 12.5. The molecule has 2 aromatic rings. The van der Waals surface area contributed by atoms with E-state index in [2.05, 4.69) is 47.6 Å². The number of hydrogen-bond acceptors (Lipinski definition) is 4. The Balaban J connectivity index is 1.90. The van der Waals surface area contributed by atoms with Crippen LogP contribution in [0, 0.1) is 0 Å². The minimum absolute atomic E-state index is 0.0439. The van der Waals surface area contributed by atoms with E-state index in [1.807, 2.05) is 24.3 Å². The Morgan fingerprint density at radius 3 is 2.21 bits per heavy atom. The third-order valence-corrected chi connectivity index (χ3v) is 4.74. The normalized spacial score (nSPS) is 12.1. The number of amides is 2. The van der Waals surface area contributed by atoms with Gasteiger partial charge in [-0.05, 0) is 64.2 Å². The van der Waals surface area contributed by atoms with E-state index in [9.17, 15) is 9.59 Å². The van der Waals surface area contributed by atoms with Crippen molar-refractivity contribution in [3.05, 3.63) is 58.1 Å². The lowest BCUT2D eigenvalue weighted by molar-refractivity contribution is -0.128. The molecule has 0 radical (unpaired) electrons. The monoisotopic (exact) mass is 448 g/mol. The first-order valence-electron chi connectivity index (χ1n) is 8.82. The summed E-state index contributed by atoms with van der Waals surface area (Å²) in [6.45, 7) is 8.00. The van der Waals surface area contributed by atoms with E-state index in [1.165, 1.54) is 12.7 Å². The zero-order valence-corrected chi connectivity index (χ0v) is 18.2. The second kappa shape index (κ2) is 9.10. The van der Waals surface area contributed by atoms with Crippen molar-refractivity contribution >= 4 is 27.7 Å². The summed E-state index contributed by atoms with van der Waals surface area (Å²) in [7, 11) is 1.54. The fraction of sp³-hybridized carbons (Fsp3) is 0.333. The molecule has 6 nitrogen and oxygen atoms in total. The Hall–Kier alpha value is -2.54. The average Bonchev–Trinajstić information content (AvgIpc) is 2.65. The van der Waals surface area contributed by atoms with E-state index in [-0.39, 0.29) is 5.41 Å². The van der Waals surface area contributed by atoms with E-state index in [1.54, 1.807) is 25.1 Å². The molecule has 0 saturated carbocycles. The molecule has 0 aliphatic carbocycles. The Morgan fingerprint density at radius 2 is 1.68 bits per heavy atom. The van der Waals surface area contributed by atoms with Gasteiger partial charge in [0.2, 0.25) is 0 Å². The molecule has 28 heavy (non-hydrogen) atoms. The highest BCUT2D eigenvalue weighted by Gasteiger charge is 2.18. The Kier molecular flexibility index (Phi) is 7.07. The number of carbonyl (C=O) groups excluding carboxylic acids is 2. The van der Waals surface area contributed by atoms with Gasteiger partial charge in [0.25, 0.3) is 11.8 Å². The summed E-state index contributed by atoms with van der Waals surface area (Å²) >= 11 is 3.32. The largest absolute Gasteiger partial charge is 0.496 e. The first-order valence-corrected chi connectivity index (χ1v) is 9.62. The Bertz CT molecular complexity index is 844. The maximum absolute atomic E-state index is 12.2. The molecule has 2 amide bonds. The maximum atomic E-state index is 12.2. The average molecular weight is 449 g/mol. The number of benzene rings is 2. The molecule has 2 N–H and O–H groups in total. The SMILES string of the molecule is COc1ccc(C(=O)NNC(=O)C(C)Oc2ccc(C(C)(C)C)cc2)cc1Br. The predicted octanol–water partition coefficient (Wildman–Crippen LogP) is 3.98. The molecular weight excluding hydrogens is 424 g/mol. The molecule has 0 aliphatic heterocycles. The van der Waals surface area contributed by atoms with E-state index in [0.717, 1.165) is 0 Å². The summed E-state index contributed by atoms with van der Waals surface area (Å²) in [4.78, 5) is 24.4. The van der Waals surface area contributed by atoms with E-state index in [0.29, 0.717) is 21.5 Å². The van der Waals surface area contributed by atoms with Crippen molar-refractivity contribution in [3.8, 4) is 11.5 Å². The minimum atomic E-state index is -0.775. The standard InChI is InChI=1S/C21H25BrN2O4/c1-13(28-16-9-7-15(8-10-16)21(2,3)4)19(25)23-24-20(26)14-6-11-18(27-5)17(22)12-14/h6-13H,1-5H3,(H,23,25)(H,24,26). The number of carbonyl (C=O) groups is 2. The first-order chi connectivity index (χ1) is 13.1. The van der Waals surface area contributed by atoms with Crippen LogP contribution < -0.4 is 20.3 Å². The van der Waals surface area contributed by atoms with Crippen LogP contribution >= 0.6 is 15.9 Å². The number of ether oxygens (including phenoxy) is 2. The van der Waals surface area contributed by atoms with Gasteiger partial charge in [0, 0.05) is 5.56 Å². The van der Waals surface area contributed by atoms with Crippen LogP contribution in [0.15, 0.2) is 46.9 Å². The van der Waals surface area contributed by atoms with Gasteiger partial charge >= 0.3 is 0 Å². The predicted molar refractivity (Wildman–Crippen MR) is 112 cm³/mol. The van der Waals surface area contributed by atoms with Crippen molar-refractivity contribution in [2.75, 3.05) is 7.11 Å². The lowest BCUT2D eigenvalue weighted by Gasteiger charge is -2.20. The van der Waals surface area contributed by atoms with Crippen LogP contribution in [0.25, 0.3) is 0 Å². The van der Waals surface area contributed by atoms with Gasteiger partial charge < -0.3 is 9.47 Å². The molecule has 1 atom stereocenters. The Morgan fingerprint density at radius 1 is 1.04 bits per heavy atom. The van der Waals surface area contributed by atoms with Gasteiger partial charge in [-0.25, -0.2) is 0 Å². The van der Waals surface area contributed by atoms with Crippen molar-refractivity contribution in [2.24, 2.45) is 0 Å². The molecule has 7 heteroatoms. The fourth-order valence-electron chi connectivity index (χ4n) is 2.39. The lowest BCUT2D eigenvalue weighted by Crippen LogP contribution is -2.47. The van der Waals surface area contributed by atoms with Crippen LogP contribution in [0.4, 0.5) is 0 Å². The van der Waals surface area contributed by atoms with Crippen LogP contribution in [0.5, 0.6) is 11.5 Å². The van der Waals surface area contributed by atoms with Crippen LogP contribution in [0.1, 0.15) is 43.6 Å². The summed E-state index contributed by atoms with van der Waals surface area (Å²) in [5.41, 5.74) is 6.35. The van der Waals surface area contributed by atoms with Gasteiger partial charge in [0.1, 0.15) is 11.5 Å². The summed E-state index contributed by atoms with van der Waals surface area (Å²) in [5.74, 6) is 0.292. The number of nitrogens with one attached hydrogen (secondary N) is 2. The van der Waals surface area contributed by atoms with Gasteiger partial charge in [-0.3, -0.25) is 20.4 Å². The lowest BCUT2D eigenvalue weighted by atomic mass is 9.87. The molecule has 2 rings (SSSR count). The number of rotatable bonds is 5. The topological polar surface area (TPSA) is 76.7 Å². The molecule has 0 aromatic heterocycles. The molecule has 150 valence electrons. The summed E-state index contributed by atoms with van der Waals surface area (Å²) in [5, 5.41) is 0. The fourth-order valence-corrected chi connectivity index (χ4v) is 2.93. The van der Waals surface area contributed by atoms with Crippen LogP contribution in [0.3, 0.4) is 0 Å². The van der Waals surface area contributed by atoms with Crippen molar-refractivity contribution in [1.29, 1.82) is 0 Å². The van der Waals surface area contributed by atoms with E-state index in [4.69, 9.17) is 9.47 Å². The molecule has 0 heterocycles. The smallest absolute Gasteiger partial charge is 0.279 e. The molecule has 0 bridgehead atoms. The summed E-state index contributed by atoms with van der Waals surface area (Å²) < 4.78 is 11.4. The molecule has 2 aromatic carbocycles. The highest BCUT2D eigenvalue weighted by atomic mass is 79.9. The third-order valence-electron chi connectivity index (χ3n) is 4.12. The maximum Gasteiger partial charge on any atom is 0.279 e. The zero-order valence-electron chi connectivity index (χ0n) is 16.6. The van der Waals surface area contributed by atoms with Gasteiger partial charge in [0.15, 0.2) is 6.10 Å².